The van der Waals surface area contributed by atoms with E-state index in [2.05, 4.69) is 10.3 Å². The van der Waals surface area contributed by atoms with Crippen LogP contribution in [0, 0.1) is 6.92 Å². The fourth-order valence-electron chi connectivity index (χ4n) is 2.35. The highest BCUT2D eigenvalue weighted by Gasteiger charge is 2.18. The molecule has 0 spiro atoms. The van der Waals surface area contributed by atoms with Gasteiger partial charge in [-0.05, 0) is 31.2 Å². The third-order valence-electron chi connectivity index (χ3n) is 3.50. The molecule has 6 heteroatoms. The monoisotopic (exact) mass is 306 g/mol. The summed E-state index contributed by atoms with van der Waals surface area (Å²) in [6.07, 6.45) is 2.50. The van der Waals surface area contributed by atoms with Gasteiger partial charge in [-0.2, -0.15) is 0 Å². The van der Waals surface area contributed by atoms with Gasteiger partial charge in [-0.3, -0.25) is 4.79 Å². The van der Waals surface area contributed by atoms with E-state index in [4.69, 9.17) is 9.15 Å². The molecule has 5 nitrogen and oxygen atoms in total. The standard InChI is InChI=1S/C15H18N2O3S/c1-10-12(17-15(20-10)13-5-3-7-21-13)8-14(18)16-9-11-4-2-6-19-11/h3,5,7,11H,2,4,6,8-9H2,1H3,(H,16,18)/t11-/m1/s1. The Morgan fingerprint density at radius 2 is 2.48 bits per heavy atom. The number of aromatic nitrogens is 1. The van der Waals surface area contributed by atoms with Gasteiger partial charge in [0.1, 0.15) is 5.76 Å². The highest BCUT2D eigenvalue weighted by molar-refractivity contribution is 7.13. The Kier molecular flexibility index (Phi) is 4.36. The first-order chi connectivity index (χ1) is 10.2. The van der Waals surface area contributed by atoms with Crippen LogP contribution in [0.25, 0.3) is 10.8 Å². The summed E-state index contributed by atoms with van der Waals surface area (Å²) in [5.74, 6) is 1.25. The van der Waals surface area contributed by atoms with E-state index >= 15 is 0 Å². The van der Waals surface area contributed by atoms with Gasteiger partial charge in [-0.25, -0.2) is 4.98 Å². The van der Waals surface area contributed by atoms with Gasteiger partial charge in [0.15, 0.2) is 0 Å². The molecule has 1 aliphatic heterocycles. The van der Waals surface area contributed by atoms with Gasteiger partial charge in [-0.15, -0.1) is 11.3 Å². The summed E-state index contributed by atoms with van der Waals surface area (Å²) in [6.45, 7) is 3.22. The quantitative estimate of drug-likeness (QED) is 0.922. The summed E-state index contributed by atoms with van der Waals surface area (Å²) in [6, 6.07) is 3.91. The van der Waals surface area contributed by atoms with Crippen molar-refractivity contribution in [3.8, 4) is 10.8 Å². The Morgan fingerprint density at radius 1 is 1.57 bits per heavy atom. The van der Waals surface area contributed by atoms with Crippen LogP contribution in [-0.2, 0) is 16.0 Å². The number of nitrogens with one attached hydrogen (secondary N) is 1. The molecule has 3 heterocycles. The van der Waals surface area contributed by atoms with Gasteiger partial charge in [0.2, 0.25) is 11.8 Å². The number of nitrogens with zero attached hydrogens (tertiary/aromatic N) is 1. The lowest BCUT2D eigenvalue weighted by Gasteiger charge is -2.10. The van der Waals surface area contributed by atoms with E-state index in [1.54, 1.807) is 11.3 Å². The van der Waals surface area contributed by atoms with Gasteiger partial charge in [0, 0.05) is 13.2 Å². The van der Waals surface area contributed by atoms with Crippen LogP contribution in [-0.4, -0.2) is 30.1 Å². The number of carbonyl (C=O) groups excluding carboxylic acids is 1. The second kappa shape index (κ2) is 6.41. The molecule has 1 atom stereocenters. The Hall–Kier alpha value is -1.66. The smallest absolute Gasteiger partial charge is 0.236 e. The zero-order chi connectivity index (χ0) is 14.7. The second-order valence-corrected chi connectivity index (χ2v) is 6.06. The first-order valence-corrected chi connectivity index (χ1v) is 7.99. The predicted molar refractivity (Wildman–Crippen MR) is 80.2 cm³/mol. The van der Waals surface area contributed by atoms with Crippen molar-refractivity contribution in [2.24, 2.45) is 0 Å². The molecule has 21 heavy (non-hydrogen) atoms. The number of hydrogen-bond donors (Lipinski definition) is 1. The zero-order valence-electron chi connectivity index (χ0n) is 11.9. The fourth-order valence-corrected chi connectivity index (χ4v) is 2.99. The minimum atomic E-state index is -0.0420. The molecule has 1 N–H and O–H groups in total. The van der Waals surface area contributed by atoms with Crippen molar-refractivity contribution in [1.82, 2.24) is 10.3 Å². The summed E-state index contributed by atoms with van der Waals surface area (Å²) in [5, 5.41) is 4.88. The molecule has 1 saturated heterocycles. The molecule has 0 aliphatic carbocycles. The summed E-state index contributed by atoms with van der Waals surface area (Å²) in [4.78, 5) is 17.4. The lowest BCUT2D eigenvalue weighted by Crippen LogP contribution is -2.32. The van der Waals surface area contributed by atoms with Gasteiger partial charge < -0.3 is 14.5 Å². The molecule has 3 rings (SSSR count). The topological polar surface area (TPSA) is 64.4 Å². The van der Waals surface area contributed by atoms with Gasteiger partial charge >= 0.3 is 0 Å². The Balaban J connectivity index is 1.58. The third-order valence-corrected chi connectivity index (χ3v) is 4.36. The second-order valence-electron chi connectivity index (χ2n) is 5.12. The largest absolute Gasteiger partial charge is 0.440 e. The molecule has 0 saturated carbocycles. The van der Waals surface area contributed by atoms with Crippen molar-refractivity contribution in [3.05, 3.63) is 29.0 Å². The van der Waals surface area contributed by atoms with Crippen LogP contribution < -0.4 is 5.32 Å². The SMILES string of the molecule is Cc1oc(-c2cccs2)nc1CC(=O)NC[C@H]1CCCO1. The molecule has 0 bridgehead atoms. The van der Waals surface area contributed by atoms with E-state index in [9.17, 15) is 4.79 Å². The van der Waals surface area contributed by atoms with E-state index in [-0.39, 0.29) is 18.4 Å². The van der Waals surface area contributed by atoms with Crippen molar-refractivity contribution < 1.29 is 13.9 Å². The minimum Gasteiger partial charge on any atom is -0.440 e. The maximum atomic E-state index is 12.0. The number of carbonyl (C=O) groups is 1. The Bertz CT molecular complexity index is 600. The molecule has 0 unspecified atom stereocenters. The molecule has 112 valence electrons. The summed E-state index contributed by atoms with van der Waals surface area (Å²) >= 11 is 1.57. The van der Waals surface area contributed by atoms with Crippen molar-refractivity contribution >= 4 is 17.2 Å². The van der Waals surface area contributed by atoms with Crippen LogP contribution in [0.1, 0.15) is 24.3 Å². The number of thiophene rings is 1. The lowest BCUT2D eigenvalue weighted by molar-refractivity contribution is -0.121. The Morgan fingerprint density at radius 3 is 3.19 bits per heavy atom. The number of aryl methyl sites for hydroxylation is 1. The van der Waals surface area contributed by atoms with Crippen molar-refractivity contribution in [1.29, 1.82) is 0 Å². The van der Waals surface area contributed by atoms with Gasteiger partial charge in [0.05, 0.1) is 23.1 Å². The van der Waals surface area contributed by atoms with Crippen molar-refractivity contribution in [2.45, 2.75) is 32.3 Å². The van der Waals surface area contributed by atoms with Crippen LogP contribution in [0.4, 0.5) is 0 Å². The molecular weight excluding hydrogens is 288 g/mol. The van der Waals surface area contributed by atoms with Crippen molar-refractivity contribution in [3.63, 3.8) is 0 Å². The average molecular weight is 306 g/mol. The maximum Gasteiger partial charge on any atom is 0.236 e. The molecule has 0 radical (unpaired) electrons. The molecule has 1 fully saturated rings. The third kappa shape index (κ3) is 3.51. The highest BCUT2D eigenvalue weighted by Crippen LogP contribution is 2.26. The van der Waals surface area contributed by atoms with E-state index in [0.29, 0.717) is 23.9 Å². The molecule has 2 aromatic rings. The highest BCUT2D eigenvalue weighted by atomic mass is 32.1. The summed E-state index contributed by atoms with van der Waals surface area (Å²) in [7, 11) is 0. The molecular formula is C15H18N2O3S. The summed E-state index contributed by atoms with van der Waals surface area (Å²) < 4.78 is 11.1. The van der Waals surface area contributed by atoms with E-state index in [1.165, 1.54) is 0 Å². The molecule has 0 aromatic carbocycles. The predicted octanol–water partition coefficient (Wildman–Crippen LogP) is 2.55. The number of hydrogen-bond acceptors (Lipinski definition) is 5. The number of ether oxygens (including phenoxy) is 1. The van der Waals surface area contributed by atoms with E-state index in [1.807, 2.05) is 24.4 Å². The van der Waals surface area contributed by atoms with Crippen LogP contribution in [0.3, 0.4) is 0 Å². The maximum absolute atomic E-state index is 12.0. The fraction of sp³-hybridized carbons (Fsp3) is 0.467. The van der Waals surface area contributed by atoms with E-state index in [0.717, 1.165) is 24.3 Å². The first-order valence-electron chi connectivity index (χ1n) is 7.11. The van der Waals surface area contributed by atoms with Crippen LogP contribution in [0.2, 0.25) is 0 Å². The molecule has 1 aliphatic rings. The first kappa shape index (κ1) is 14.3. The average Bonchev–Trinajstić information content (AvgIpc) is 3.18. The zero-order valence-corrected chi connectivity index (χ0v) is 12.7. The van der Waals surface area contributed by atoms with Gasteiger partial charge in [0.25, 0.3) is 0 Å². The van der Waals surface area contributed by atoms with Crippen molar-refractivity contribution in [2.75, 3.05) is 13.2 Å². The normalized spacial score (nSPS) is 18.0. The molecule has 2 aromatic heterocycles. The van der Waals surface area contributed by atoms with Gasteiger partial charge in [-0.1, -0.05) is 6.07 Å². The summed E-state index contributed by atoms with van der Waals surface area (Å²) in [5.41, 5.74) is 0.697. The number of rotatable bonds is 5. The number of amides is 1. The van der Waals surface area contributed by atoms with Crippen LogP contribution >= 0.6 is 11.3 Å². The van der Waals surface area contributed by atoms with Crippen LogP contribution in [0.5, 0.6) is 0 Å². The lowest BCUT2D eigenvalue weighted by atomic mass is 10.2. The minimum absolute atomic E-state index is 0.0420. The molecule has 1 amide bonds. The van der Waals surface area contributed by atoms with E-state index < -0.39 is 0 Å². The van der Waals surface area contributed by atoms with Crippen LogP contribution in [0.15, 0.2) is 21.9 Å². The number of oxazole rings is 1. The Labute approximate surface area is 127 Å².